The molecule has 1 aromatic rings. The average Bonchev–Trinajstić information content (AvgIpc) is 2.68. The number of hydrogen-bond acceptors (Lipinski definition) is 4. The van der Waals surface area contributed by atoms with Crippen molar-refractivity contribution >= 4 is 5.95 Å². The molecule has 0 saturated carbocycles. The minimum Gasteiger partial charge on any atom is -0.357 e. The van der Waals surface area contributed by atoms with Crippen LogP contribution in [0.2, 0.25) is 0 Å². The summed E-state index contributed by atoms with van der Waals surface area (Å²) in [6.07, 6.45) is 5.74. The van der Waals surface area contributed by atoms with Crippen LogP contribution in [-0.2, 0) is 13.5 Å². The summed E-state index contributed by atoms with van der Waals surface area (Å²) >= 11 is 0. The Labute approximate surface area is 104 Å². The van der Waals surface area contributed by atoms with Gasteiger partial charge in [-0.25, -0.2) is 0 Å². The summed E-state index contributed by atoms with van der Waals surface area (Å²) in [5.41, 5.74) is 5.64. The molecule has 0 amide bonds. The van der Waals surface area contributed by atoms with Gasteiger partial charge >= 0.3 is 0 Å². The van der Waals surface area contributed by atoms with Gasteiger partial charge in [-0.05, 0) is 25.3 Å². The van der Waals surface area contributed by atoms with Crippen LogP contribution in [0.5, 0.6) is 0 Å². The fourth-order valence-corrected chi connectivity index (χ4v) is 2.21. The highest BCUT2D eigenvalue weighted by atomic mass is 15.3. The molecule has 0 aromatic carbocycles. The number of hydrogen-bond donors (Lipinski definition) is 2. The Morgan fingerprint density at radius 2 is 2.06 bits per heavy atom. The largest absolute Gasteiger partial charge is 0.357 e. The van der Waals surface area contributed by atoms with Crippen LogP contribution in [0.1, 0.15) is 38.4 Å². The molecular formula is C12H25N5. The molecule has 17 heavy (non-hydrogen) atoms. The van der Waals surface area contributed by atoms with E-state index in [1.54, 1.807) is 0 Å². The summed E-state index contributed by atoms with van der Waals surface area (Å²) in [5, 5.41) is 11.3. The maximum atomic E-state index is 5.64. The van der Waals surface area contributed by atoms with Gasteiger partial charge in [0.2, 0.25) is 5.95 Å². The number of nitrogens with two attached hydrogens (primary N) is 1. The van der Waals surface area contributed by atoms with Crippen molar-refractivity contribution in [3.05, 3.63) is 5.82 Å². The van der Waals surface area contributed by atoms with E-state index in [9.17, 15) is 0 Å². The lowest BCUT2D eigenvalue weighted by molar-refractivity contribution is 0.415. The van der Waals surface area contributed by atoms with Crippen molar-refractivity contribution in [3.63, 3.8) is 0 Å². The number of aryl methyl sites for hydroxylation is 1. The highest BCUT2D eigenvalue weighted by Gasteiger charge is 2.11. The molecule has 98 valence electrons. The van der Waals surface area contributed by atoms with Gasteiger partial charge in [0, 0.05) is 20.5 Å². The predicted octanol–water partition coefficient (Wildman–Crippen LogP) is 1.55. The summed E-state index contributed by atoms with van der Waals surface area (Å²) < 4.78 is 2.02. The normalized spacial score (nSPS) is 12.7. The Hall–Kier alpha value is -1.10. The van der Waals surface area contributed by atoms with E-state index in [2.05, 4.69) is 22.4 Å². The van der Waals surface area contributed by atoms with Gasteiger partial charge in [0.25, 0.3) is 0 Å². The first-order chi connectivity index (χ1) is 8.22. The van der Waals surface area contributed by atoms with Gasteiger partial charge in [-0.15, -0.1) is 10.2 Å². The third-order valence-corrected chi connectivity index (χ3v) is 3.24. The molecule has 1 heterocycles. The average molecular weight is 239 g/mol. The zero-order chi connectivity index (χ0) is 12.7. The SMILES string of the molecule is CCCC(CCN)CCc1nnc(NC)n1C. The van der Waals surface area contributed by atoms with Crippen LogP contribution in [0.3, 0.4) is 0 Å². The molecule has 0 aliphatic rings. The number of nitrogens with zero attached hydrogens (tertiary/aromatic N) is 3. The van der Waals surface area contributed by atoms with Crippen molar-refractivity contribution in [2.45, 2.75) is 39.0 Å². The molecule has 0 fully saturated rings. The van der Waals surface area contributed by atoms with Crippen molar-refractivity contribution in [3.8, 4) is 0 Å². The van der Waals surface area contributed by atoms with Crippen molar-refractivity contribution in [1.29, 1.82) is 0 Å². The molecular weight excluding hydrogens is 214 g/mol. The second-order valence-electron chi connectivity index (χ2n) is 4.52. The summed E-state index contributed by atoms with van der Waals surface area (Å²) in [4.78, 5) is 0. The molecule has 3 N–H and O–H groups in total. The summed E-state index contributed by atoms with van der Waals surface area (Å²) in [7, 11) is 3.86. The molecule has 0 bridgehead atoms. The Morgan fingerprint density at radius 1 is 1.29 bits per heavy atom. The zero-order valence-electron chi connectivity index (χ0n) is 11.2. The first-order valence-corrected chi connectivity index (χ1v) is 6.49. The van der Waals surface area contributed by atoms with Crippen molar-refractivity contribution in [2.75, 3.05) is 18.9 Å². The van der Waals surface area contributed by atoms with Crippen molar-refractivity contribution in [1.82, 2.24) is 14.8 Å². The Kier molecular flexibility index (Phi) is 5.97. The van der Waals surface area contributed by atoms with Gasteiger partial charge < -0.3 is 15.6 Å². The molecule has 0 spiro atoms. The maximum Gasteiger partial charge on any atom is 0.224 e. The third-order valence-electron chi connectivity index (χ3n) is 3.24. The smallest absolute Gasteiger partial charge is 0.224 e. The lowest BCUT2D eigenvalue weighted by Gasteiger charge is -2.14. The predicted molar refractivity (Wildman–Crippen MR) is 70.9 cm³/mol. The Morgan fingerprint density at radius 3 is 2.59 bits per heavy atom. The van der Waals surface area contributed by atoms with Crippen LogP contribution in [0.4, 0.5) is 5.95 Å². The van der Waals surface area contributed by atoms with Crippen LogP contribution >= 0.6 is 0 Å². The molecule has 0 aliphatic carbocycles. The van der Waals surface area contributed by atoms with Gasteiger partial charge in [0.15, 0.2) is 0 Å². The first kappa shape index (κ1) is 14.0. The molecule has 1 rings (SSSR count). The van der Waals surface area contributed by atoms with Gasteiger partial charge in [0.1, 0.15) is 5.82 Å². The minimum absolute atomic E-state index is 0.722. The number of anilines is 1. The van der Waals surface area contributed by atoms with E-state index in [4.69, 9.17) is 5.73 Å². The molecule has 1 unspecified atom stereocenters. The second-order valence-corrected chi connectivity index (χ2v) is 4.52. The van der Waals surface area contributed by atoms with E-state index in [1.165, 1.54) is 12.8 Å². The van der Waals surface area contributed by atoms with Gasteiger partial charge in [-0.2, -0.15) is 0 Å². The van der Waals surface area contributed by atoms with Crippen LogP contribution in [0, 0.1) is 5.92 Å². The van der Waals surface area contributed by atoms with Gasteiger partial charge in [0.05, 0.1) is 0 Å². The summed E-state index contributed by atoms with van der Waals surface area (Å²) in [6, 6.07) is 0. The van der Waals surface area contributed by atoms with Crippen molar-refractivity contribution in [2.24, 2.45) is 18.7 Å². The fraction of sp³-hybridized carbons (Fsp3) is 0.833. The lowest BCUT2D eigenvalue weighted by atomic mass is 9.94. The van der Waals surface area contributed by atoms with Gasteiger partial charge in [-0.1, -0.05) is 19.8 Å². The Balaban J connectivity index is 2.49. The molecule has 5 nitrogen and oxygen atoms in total. The van der Waals surface area contributed by atoms with Crippen molar-refractivity contribution < 1.29 is 0 Å². The molecule has 0 aliphatic heterocycles. The number of rotatable bonds is 8. The van der Waals surface area contributed by atoms with Crippen LogP contribution in [0.25, 0.3) is 0 Å². The zero-order valence-corrected chi connectivity index (χ0v) is 11.2. The molecule has 1 aromatic heterocycles. The monoisotopic (exact) mass is 239 g/mol. The number of nitrogens with one attached hydrogen (secondary N) is 1. The quantitative estimate of drug-likeness (QED) is 0.722. The van der Waals surface area contributed by atoms with E-state index >= 15 is 0 Å². The number of aromatic nitrogens is 3. The summed E-state index contributed by atoms with van der Waals surface area (Å²) in [5.74, 6) is 2.60. The molecule has 5 heteroatoms. The maximum absolute atomic E-state index is 5.64. The van der Waals surface area contributed by atoms with E-state index in [-0.39, 0.29) is 0 Å². The standard InChI is InChI=1S/C12H25N5/c1-4-5-10(8-9-13)6-7-11-15-16-12(14-2)17(11)3/h10H,4-9,13H2,1-3H3,(H,14,16). The highest BCUT2D eigenvalue weighted by molar-refractivity contribution is 5.23. The topological polar surface area (TPSA) is 68.8 Å². The Bertz CT molecular complexity index is 315. The lowest BCUT2D eigenvalue weighted by Crippen LogP contribution is -2.11. The third kappa shape index (κ3) is 4.00. The highest BCUT2D eigenvalue weighted by Crippen LogP contribution is 2.18. The molecule has 0 radical (unpaired) electrons. The van der Waals surface area contributed by atoms with E-state index < -0.39 is 0 Å². The fourth-order valence-electron chi connectivity index (χ4n) is 2.21. The summed E-state index contributed by atoms with van der Waals surface area (Å²) in [6.45, 7) is 3.01. The van der Waals surface area contributed by atoms with Crippen LogP contribution in [-0.4, -0.2) is 28.4 Å². The minimum atomic E-state index is 0.722. The van der Waals surface area contributed by atoms with E-state index in [0.29, 0.717) is 0 Å². The first-order valence-electron chi connectivity index (χ1n) is 6.49. The second kappa shape index (κ2) is 7.27. The molecule has 1 atom stereocenters. The van der Waals surface area contributed by atoms with E-state index in [0.717, 1.165) is 43.5 Å². The van der Waals surface area contributed by atoms with Crippen LogP contribution in [0.15, 0.2) is 0 Å². The van der Waals surface area contributed by atoms with Gasteiger partial charge in [-0.3, -0.25) is 0 Å². The molecule has 0 saturated heterocycles. The van der Waals surface area contributed by atoms with E-state index in [1.807, 2.05) is 18.7 Å². The van der Waals surface area contributed by atoms with Crippen LogP contribution < -0.4 is 11.1 Å².